The Morgan fingerprint density at radius 3 is 2.44 bits per heavy atom. The van der Waals surface area contributed by atoms with Crippen molar-refractivity contribution < 1.29 is 19.1 Å². The maximum Gasteiger partial charge on any atom is 0.293 e. The minimum absolute atomic E-state index is 0.263. The predicted molar refractivity (Wildman–Crippen MR) is 127 cm³/mol. The highest BCUT2D eigenvalue weighted by Crippen LogP contribution is 2.35. The Balaban J connectivity index is 1.42. The van der Waals surface area contributed by atoms with E-state index in [2.05, 4.69) is 0 Å². The average molecular weight is 446 g/mol. The molecule has 0 N–H and O–H groups in total. The fourth-order valence-electron chi connectivity index (χ4n) is 3.33. The van der Waals surface area contributed by atoms with Crippen LogP contribution in [-0.4, -0.2) is 29.3 Å². The summed E-state index contributed by atoms with van der Waals surface area (Å²) in [6, 6.07) is 24.8. The van der Waals surface area contributed by atoms with Gasteiger partial charge in [0.2, 0.25) is 0 Å². The summed E-state index contributed by atoms with van der Waals surface area (Å²) in [6.07, 6.45) is 1.72. The molecule has 1 saturated heterocycles. The minimum Gasteiger partial charge on any atom is -0.490 e. The summed E-state index contributed by atoms with van der Waals surface area (Å²) < 4.78 is 11.5. The molecule has 1 aliphatic rings. The maximum absolute atomic E-state index is 12.9. The van der Waals surface area contributed by atoms with Crippen molar-refractivity contribution >= 4 is 29.0 Å². The SMILES string of the molecule is Cc1cccc(CN2C(=O)S/C(=C\c3ccccc3OCCOc3ccccc3)C2=O)c1. The van der Waals surface area contributed by atoms with Crippen LogP contribution in [0.2, 0.25) is 0 Å². The van der Waals surface area contributed by atoms with Crippen molar-refractivity contribution in [1.82, 2.24) is 4.90 Å². The van der Waals surface area contributed by atoms with Gasteiger partial charge in [0.25, 0.3) is 11.1 Å². The van der Waals surface area contributed by atoms with E-state index in [4.69, 9.17) is 9.47 Å². The minimum atomic E-state index is -0.288. The molecule has 4 rings (SSSR count). The number of carbonyl (C=O) groups excluding carboxylic acids is 2. The van der Waals surface area contributed by atoms with E-state index in [-0.39, 0.29) is 17.7 Å². The molecule has 0 aromatic heterocycles. The molecule has 0 atom stereocenters. The summed E-state index contributed by atoms with van der Waals surface area (Å²) in [6.45, 7) is 3.00. The first kappa shape index (κ1) is 21.7. The van der Waals surface area contributed by atoms with Gasteiger partial charge in [-0.15, -0.1) is 0 Å². The monoisotopic (exact) mass is 445 g/mol. The first-order valence-corrected chi connectivity index (χ1v) is 11.1. The molecule has 0 radical (unpaired) electrons. The number of amides is 2. The Labute approximate surface area is 191 Å². The molecule has 32 heavy (non-hydrogen) atoms. The smallest absolute Gasteiger partial charge is 0.293 e. The normalized spacial score (nSPS) is 14.8. The van der Waals surface area contributed by atoms with Gasteiger partial charge < -0.3 is 9.47 Å². The van der Waals surface area contributed by atoms with Gasteiger partial charge >= 0.3 is 0 Å². The van der Waals surface area contributed by atoms with Crippen molar-refractivity contribution in [3.63, 3.8) is 0 Å². The summed E-state index contributed by atoms with van der Waals surface area (Å²) in [5.74, 6) is 1.13. The van der Waals surface area contributed by atoms with Gasteiger partial charge in [-0.1, -0.05) is 66.2 Å². The van der Waals surface area contributed by atoms with Gasteiger partial charge in [-0.25, -0.2) is 0 Å². The molecule has 6 heteroatoms. The van der Waals surface area contributed by atoms with E-state index in [9.17, 15) is 9.59 Å². The van der Waals surface area contributed by atoms with E-state index in [1.165, 1.54) is 4.90 Å². The lowest BCUT2D eigenvalue weighted by Crippen LogP contribution is -2.27. The molecule has 0 saturated carbocycles. The van der Waals surface area contributed by atoms with E-state index in [0.29, 0.717) is 23.9 Å². The predicted octanol–water partition coefficient (Wildman–Crippen LogP) is 5.69. The summed E-state index contributed by atoms with van der Waals surface area (Å²) >= 11 is 0.953. The molecular weight excluding hydrogens is 422 g/mol. The topological polar surface area (TPSA) is 55.8 Å². The zero-order valence-electron chi connectivity index (χ0n) is 17.7. The number of hydrogen-bond donors (Lipinski definition) is 0. The third kappa shape index (κ3) is 5.39. The number of hydrogen-bond acceptors (Lipinski definition) is 5. The summed E-state index contributed by atoms with van der Waals surface area (Å²) in [5, 5.41) is -0.266. The second-order valence-corrected chi connectivity index (χ2v) is 8.30. The van der Waals surface area contributed by atoms with Crippen molar-refractivity contribution in [1.29, 1.82) is 0 Å². The van der Waals surface area contributed by atoms with Crippen molar-refractivity contribution in [2.75, 3.05) is 13.2 Å². The largest absolute Gasteiger partial charge is 0.490 e. The molecule has 0 spiro atoms. The number of aryl methyl sites for hydroxylation is 1. The molecule has 0 bridgehead atoms. The first-order chi connectivity index (χ1) is 15.6. The number of ether oxygens (including phenoxy) is 2. The van der Waals surface area contributed by atoms with Crippen LogP contribution in [0.15, 0.2) is 83.8 Å². The fourth-order valence-corrected chi connectivity index (χ4v) is 4.16. The van der Waals surface area contributed by atoms with Crippen LogP contribution in [0.25, 0.3) is 6.08 Å². The first-order valence-electron chi connectivity index (χ1n) is 10.3. The van der Waals surface area contributed by atoms with Crippen LogP contribution in [0.3, 0.4) is 0 Å². The Morgan fingerprint density at radius 1 is 0.875 bits per heavy atom. The Kier molecular flexibility index (Phi) is 6.92. The Hall–Kier alpha value is -3.51. The van der Waals surface area contributed by atoms with Crippen LogP contribution < -0.4 is 9.47 Å². The molecule has 5 nitrogen and oxygen atoms in total. The number of benzene rings is 3. The lowest BCUT2D eigenvalue weighted by molar-refractivity contribution is -0.123. The van der Waals surface area contributed by atoms with E-state index >= 15 is 0 Å². The van der Waals surface area contributed by atoms with Crippen LogP contribution in [-0.2, 0) is 11.3 Å². The lowest BCUT2D eigenvalue weighted by Gasteiger charge is -2.13. The molecule has 0 aliphatic carbocycles. The zero-order valence-corrected chi connectivity index (χ0v) is 18.5. The highest BCUT2D eigenvalue weighted by atomic mass is 32.2. The quantitative estimate of drug-likeness (QED) is 0.329. The van der Waals surface area contributed by atoms with Gasteiger partial charge in [0.05, 0.1) is 11.4 Å². The van der Waals surface area contributed by atoms with Crippen molar-refractivity contribution in [3.8, 4) is 11.5 Å². The number of thioether (sulfide) groups is 1. The van der Waals surface area contributed by atoms with E-state index in [1.807, 2.05) is 85.8 Å². The van der Waals surface area contributed by atoms with Crippen molar-refractivity contribution in [2.24, 2.45) is 0 Å². The third-order valence-electron chi connectivity index (χ3n) is 4.86. The van der Waals surface area contributed by atoms with Crippen LogP contribution >= 0.6 is 11.8 Å². The summed E-state index contributed by atoms with van der Waals surface area (Å²) in [7, 11) is 0. The highest BCUT2D eigenvalue weighted by molar-refractivity contribution is 8.18. The third-order valence-corrected chi connectivity index (χ3v) is 5.76. The number of carbonyl (C=O) groups is 2. The van der Waals surface area contributed by atoms with Gasteiger partial charge in [-0.05, 0) is 48.5 Å². The lowest BCUT2D eigenvalue weighted by atomic mass is 10.1. The van der Waals surface area contributed by atoms with E-state index in [0.717, 1.165) is 34.2 Å². The number of para-hydroxylation sites is 2. The molecule has 1 aliphatic heterocycles. The zero-order chi connectivity index (χ0) is 22.3. The van der Waals surface area contributed by atoms with Gasteiger partial charge in [-0.3, -0.25) is 14.5 Å². The molecule has 162 valence electrons. The molecule has 1 heterocycles. The summed E-state index contributed by atoms with van der Waals surface area (Å²) in [4.78, 5) is 27.0. The van der Waals surface area contributed by atoms with Crippen molar-refractivity contribution in [3.05, 3.63) is 100 Å². The Bertz CT molecular complexity index is 1140. The molecule has 0 unspecified atom stereocenters. The van der Waals surface area contributed by atoms with Crippen LogP contribution in [0.4, 0.5) is 4.79 Å². The van der Waals surface area contributed by atoms with Gasteiger partial charge in [0, 0.05) is 5.56 Å². The fraction of sp³-hybridized carbons (Fsp3) is 0.154. The van der Waals surface area contributed by atoms with Crippen molar-refractivity contribution in [2.45, 2.75) is 13.5 Å². The molecule has 3 aromatic carbocycles. The summed E-state index contributed by atoms with van der Waals surface area (Å²) in [5.41, 5.74) is 2.76. The molecule has 1 fully saturated rings. The molecular formula is C26H23NO4S. The van der Waals surface area contributed by atoms with Crippen LogP contribution in [0.1, 0.15) is 16.7 Å². The molecule has 2 amide bonds. The number of imide groups is 1. The van der Waals surface area contributed by atoms with E-state index in [1.54, 1.807) is 6.08 Å². The maximum atomic E-state index is 12.9. The van der Waals surface area contributed by atoms with Gasteiger partial charge in [0.1, 0.15) is 24.7 Å². The standard InChI is InChI=1S/C26H23NO4S/c1-19-8-7-9-20(16-19)18-27-25(28)24(32-26(27)29)17-21-10-5-6-13-23(21)31-15-14-30-22-11-3-2-4-12-22/h2-13,16-17H,14-15,18H2,1H3/b24-17-. The second kappa shape index (κ2) is 10.2. The highest BCUT2D eigenvalue weighted by Gasteiger charge is 2.35. The van der Waals surface area contributed by atoms with Crippen LogP contribution in [0.5, 0.6) is 11.5 Å². The van der Waals surface area contributed by atoms with Gasteiger partial charge in [-0.2, -0.15) is 0 Å². The molecule has 3 aromatic rings. The average Bonchev–Trinajstić information content (AvgIpc) is 3.06. The number of rotatable bonds is 8. The second-order valence-electron chi connectivity index (χ2n) is 7.30. The number of nitrogens with zero attached hydrogens (tertiary/aromatic N) is 1. The Morgan fingerprint density at radius 2 is 1.62 bits per heavy atom. The van der Waals surface area contributed by atoms with Gasteiger partial charge in [0.15, 0.2) is 0 Å². The van der Waals surface area contributed by atoms with Crippen LogP contribution in [0, 0.1) is 6.92 Å². The van der Waals surface area contributed by atoms with E-state index < -0.39 is 0 Å².